The summed E-state index contributed by atoms with van der Waals surface area (Å²) in [5, 5.41) is 1.45. The number of aryl methyl sites for hydroxylation is 1. The lowest BCUT2D eigenvalue weighted by Gasteiger charge is -2.26. The average Bonchev–Trinajstić information content (AvgIpc) is 2.18. The van der Waals surface area contributed by atoms with Gasteiger partial charge in [0.2, 0.25) is 0 Å². The molecule has 0 fully saturated rings. The Balaban J connectivity index is 2.26. The second-order valence-corrected chi connectivity index (χ2v) is 3.10. The Morgan fingerprint density at radius 3 is 3.29 bits per heavy atom. The molecule has 2 N–H and O–H groups in total. The number of hydrogen-bond acceptors (Lipinski definition) is 4. The van der Waals surface area contributed by atoms with Crippen molar-refractivity contribution in [2.24, 2.45) is 5.73 Å². The molecule has 1 amide bonds. The van der Waals surface area contributed by atoms with Gasteiger partial charge in [-0.05, 0) is 24.5 Å². The molecular weight excluding hydrogens is 182 g/mol. The number of pyridine rings is 1. The highest BCUT2D eigenvalue weighted by Crippen LogP contribution is 2.23. The van der Waals surface area contributed by atoms with Crippen LogP contribution in [-0.4, -0.2) is 17.6 Å². The summed E-state index contributed by atoms with van der Waals surface area (Å²) in [6.45, 7) is 0.646. The van der Waals surface area contributed by atoms with Crippen molar-refractivity contribution in [2.45, 2.75) is 12.8 Å². The van der Waals surface area contributed by atoms with Crippen LogP contribution in [0.25, 0.3) is 0 Å². The standard InChI is InChI=1S/C9H11N3O2/c10-9(13)14-12-6-2-4-7-3-1-5-11-8(7)12/h1,3,5H,2,4,6H2,(H2,10,13). The van der Waals surface area contributed by atoms with Crippen LogP contribution >= 0.6 is 0 Å². The summed E-state index contributed by atoms with van der Waals surface area (Å²) in [6.07, 6.45) is 2.76. The first kappa shape index (κ1) is 8.80. The number of anilines is 1. The summed E-state index contributed by atoms with van der Waals surface area (Å²) in [5.41, 5.74) is 6.03. The molecule has 1 aliphatic rings. The normalized spacial score (nSPS) is 14.7. The first-order valence-electron chi connectivity index (χ1n) is 4.46. The number of carbonyl (C=O) groups is 1. The number of nitrogens with two attached hydrogens (primary N) is 1. The number of hydrogen-bond donors (Lipinski definition) is 1. The zero-order chi connectivity index (χ0) is 9.97. The first-order valence-corrected chi connectivity index (χ1v) is 4.46. The molecule has 0 spiro atoms. The predicted octanol–water partition coefficient (Wildman–Crippen LogP) is 0.844. The minimum absolute atomic E-state index is 0.646. The molecule has 1 aromatic heterocycles. The Bertz CT molecular complexity index is 354. The van der Waals surface area contributed by atoms with Crippen LogP contribution in [0.15, 0.2) is 18.3 Å². The second kappa shape index (κ2) is 3.53. The molecule has 5 heteroatoms. The van der Waals surface area contributed by atoms with Crippen molar-refractivity contribution >= 4 is 11.9 Å². The van der Waals surface area contributed by atoms with Crippen molar-refractivity contribution in [2.75, 3.05) is 11.6 Å². The molecule has 0 saturated carbocycles. The number of amides is 1. The lowest BCUT2D eigenvalue weighted by molar-refractivity contribution is 0.139. The fourth-order valence-corrected chi connectivity index (χ4v) is 1.57. The third kappa shape index (κ3) is 1.61. The highest BCUT2D eigenvalue weighted by Gasteiger charge is 2.20. The van der Waals surface area contributed by atoms with Crippen LogP contribution in [0.4, 0.5) is 10.6 Å². The van der Waals surface area contributed by atoms with Crippen LogP contribution in [0.1, 0.15) is 12.0 Å². The smallest absolute Gasteiger partial charge is 0.333 e. The Morgan fingerprint density at radius 1 is 1.64 bits per heavy atom. The zero-order valence-electron chi connectivity index (χ0n) is 7.64. The van der Waals surface area contributed by atoms with E-state index in [1.165, 1.54) is 5.06 Å². The van der Waals surface area contributed by atoms with E-state index in [9.17, 15) is 4.79 Å². The maximum atomic E-state index is 10.6. The number of fused-ring (bicyclic) bond motifs is 1. The Hall–Kier alpha value is -1.78. The molecule has 0 bridgehead atoms. The van der Waals surface area contributed by atoms with Crippen LogP contribution in [0.3, 0.4) is 0 Å². The molecule has 0 radical (unpaired) electrons. The van der Waals surface area contributed by atoms with E-state index in [0.29, 0.717) is 12.4 Å². The van der Waals surface area contributed by atoms with Gasteiger partial charge in [-0.25, -0.2) is 9.78 Å². The number of nitrogens with zero attached hydrogens (tertiary/aromatic N) is 2. The maximum absolute atomic E-state index is 10.6. The highest BCUT2D eigenvalue weighted by molar-refractivity contribution is 5.66. The number of hydroxylamine groups is 1. The summed E-state index contributed by atoms with van der Waals surface area (Å²) in [4.78, 5) is 19.6. The van der Waals surface area contributed by atoms with Gasteiger partial charge in [-0.3, -0.25) is 0 Å². The molecule has 0 unspecified atom stereocenters. The topological polar surface area (TPSA) is 68.5 Å². The number of primary amides is 1. The van der Waals surface area contributed by atoms with Crippen molar-refractivity contribution in [3.63, 3.8) is 0 Å². The number of rotatable bonds is 1. The van der Waals surface area contributed by atoms with Gasteiger partial charge in [0.1, 0.15) is 0 Å². The minimum atomic E-state index is -0.802. The van der Waals surface area contributed by atoms with Crippen LogP contribution in [0, 0.1) is 0 Å². The number of aromatic nitrogens is 1. The fraction of sp³-hybridized carbons (Fsp3) is 0.333. The van der Waals surface area contributed by atoms with Gasteiger partial charge in [0.05, 0.1) is 6.54 Å². The van der Waals surface area contributed by atoms with E-state index >= 15 is 0 Å². The predicted molar refractivity (Wildman–Crippen MR) is 50.6 cm³/mol. The van der Waals surface area contributed by atoms with Crippen LogP contribution in [-0.2, 0) is 11.3 Å². The minimum Gasteiger partial charge on any atom is -0.333 e. The molecule has 2 heterocycles. The van der Waals surface area contributed by atoms with Crippen LogP contribution in [0.5, 0.6) is 0 Å². The van der Waals surface area contributed by atoms with Crippen molar-refractivity contribution in [3.05, 3.63) is 23.9 Å². The van der Waals surface area contributed by atoms with Gasteiger partial charge in [0.15, 0.2) is 5.82 Å². The summed E-state index contributed by atoms with van der Waals surface area (Å²) >= 11 is 0. The van der Waals surface area contributed by atoms with E-state index in [4.69, 9.17) is 10.6 Å². The molecular formula is C9H11N3O2. The van der Waals surface area contributed by atoms with Crippen molar-refractivity contribution in [3.8, 4) is 0 Å². The first-order chi connectivity index (χ1) is 6.77. The van der Waals surface area contributed by atoms with E-state index in [2.05, 4.69) is 4.98 Å². The third-order valence-corrected chi connectivity index (χ3v) is 2.11. The van der Waals surface area contributed by atoms with Crippen LogP contribution < -0.4 is 10.8 Å². The largest absolute Gasteiger partial charge is 0.429 e. The molecule has 1 aromatic rings. The Morgan fingerprint density at radius 2 is 2.50 bits per heavy atom. The average molecular weight is 193 g/mol. The van der Waals surface area contributed by atoms with E-state index < -0.39 is 6.09 Å². The summed E-state index contributed by atoms with van der Waals surface area (Å²) < 4.78 is 0. The Labute approximate surface area is 81.4 Å². The quantitative estimate of drug-likeness (QED) is 0.717. The van der Waals surface area contributed by atoms with Crippen molar-refractivity contribution in [1.29, 1.82) is 0 Å². The zero-order valence-corrected chi connectivity index (χ0v) is 7.64. The van der Waals surface area contributed by atoms with Gasteiger partial charge in [-0.1, -0.05) is 6.07 Å². The van der Waals surface area contributed by atoms with Gasteiger partial charge in [0.25, 0.3) is 0 Å². The monoisotopic (exact) mass is 193 g/mol. The van der Waals surface area contributed by atoms with Crippen molar-refractivity contribution in [1.82, 2.24) is 4.98 Å². The lowest BCUT2D eigenvalue weighted by atomic mass is 10.1. The fourth-order valence-electron chi connectivity index (χ4n) is 1.57. The number of carbonyl (C=O) groups excluding carboxylic acids is 1. The molecule has 0 saturated heterocycles. The van der Waals surface area contributed by atoms with Gasteiger partial charge in [-0.2, -0.15) is 5.06 Å². The third-order valence-electron chi connectivity index (χ3n) is 2.11. The second-order valence-electron chi connectivity index (χ2n) is 3.10. The van der Waals surface area contributed by atoms with E-state index in [-0.39, 0.29) is 0 Å². The lowest BCUT2D eigenvalue weighted by Crippen LogP contribution is -2.34. The van der Waals surface area contributed by atoms with Crippen molar-refractivity contribution < 1.29 is 9.63 Å². The van der Waals surface area contributed by atoms with Gasteiger partial charge < -0.3 is 10.6 Å². The Kier molecular flexibility index (Phi) is 2.22. The summed E-state index contributed by atoms with van der Waals surface area (Å²) in [5.74, 6) is 0.692. The molecule has 1 aliphatic heterocycles. The highest BCUT2D eigenvalue weighted by atomic mass is 16.7. The molecule has 14 heavy (non-hydrogen) atoms. The van der Waals surface area contributed by atoms with Gasteiger partial charge in [-0.15, -0.1) is 0 Å². The summed E-state index contributed by atoms with van der Waals surface area (Å²) in [7, 11) is 0. The van der Waals surface area contributed by atoms with Crippen LogP contribution in [0.2, 0.25) is 0 Å². The molecule has 74 valence electrons. The molecule has 0 aliphatic carbocycles. The van der Waals surface area contributed by atoms with E-state index in [0.717, 1.165) is 18.4 Å². The van der Waals surface area contributed by atoms with E-state index in [1.807, 2.05) is 12.1 Å². The van der Waals surface area contributed by atoms with Gasteiger partial charge in [0, 0.05) is 6.20 Å². The molecule has 5 nitrogen and oxygen atoms in total. The van der Waals surface area contributed by atoms with E-state index in [1.54, 1.807) is 6.20 Å². The van der Waals surface area contributed by atoms with Gasteiger partial charge >= 0.3 is 6.09 Å². The molecule has 2 rings (SSSR count). The molecule has 0 atom stereocenters. The summed E-state index contributed by atoms with van der Waals surface area (Å²) in [6, 6.07) is 3.84. The SMILES string of the molecule is NC(=O)ON1CCCc2cccnc21. The molecule has 0 aromatic carbocycles. The maximum Gasteiger partial charge on any atom is 0.429 e.